The lowest BCUT2D eigenvalue weighted by Crippen LogP contribution is -2.09. The van der Waals surface area contributed by atoms with Gasteiger partial charge in [-0.2, -0.15) is 0 Å². The molecule has 0 aliphatic carbocycles. The number of nitrogens with zero attached hydrogens (tertiary/aromatic N) is 5. The Labute approximate surface area is 122 Å². The van der Waals surface area contributed by atoms with E-state index in [1.54, 1.807) is 6.33 Å². The molecule has 0 saturated carbocycles. The molecule has 0 aromatic carbocycles. The zero-order valence-corrected chi connectivity index (χ0v) is 12.7. The van der Waals surface area contributed by atoms with E-state index in [2.05, 4.69) is 37.7 Å². The van der Waals surface area contributed by atoms with Crippen LogP contribution in [0.3, 0.4) is 0 Å². The standard InChI is InChI=1S/C12H19N7S/c1-4-5-13-9-6-10(17-12(16-9)20-3)14-7-11-18-15-8-19(11)2/h6,8H,4-5,7H2,1-3H3,(H2,13,14,16,17). The molecule has 2 aromatic rings. The van der Waals surface area contributed by atoms with Gasteiger partial charge in [-0.15, -0.1) is 10.2 Å². The maximum atomic E-state index is 4.43. The van der Waals surface area contributed by atoms with Crippen LogP contribution in [0.25, 0.3) is 0 Å². The van der Waals surface area contributed by atoms with Crippen molar-refractivity contribution >= 4 is 23.4 Å². The Hall–Kier alpha value is -1.83. The van der Waals surface area contributed by atoms with Crippen LogP contribution in [0.15, 0.2) is 17.6 Å². The summed E-state index contributed by atoms with van der Waals surface area (Å²) in [7, 11) is 1.92. The summed E-state index contributed by atoms with van der Waals surface area (Å²) in [5.74, 6) is 2.48. The summed E-state index contributed by atoms with van der Waals surface area (Å²) in [5, 5.41) is 15.2. The minimum atomic E-state index is 0.578. The smallest absolute Gasteiger partial charge is 0.191 e. The van der Waals surface area contributed by atoms with E-state index in [1.807, 2.05) is 23.9 Å². The quantitative estimate of drug-likeness (QED) is 0.594. The number of nitrogens with one attached hydrogen (secondary N) is 2. The molecule has 0 unspecified atom stereocenters. The highest BCUT2D eigenvalue weighted by atomic mass is 32.2. The first-order valence-electron chi connectivity index (χ1n) is 6.46. The third-order valence-electron chi connectivity index (χ3n) is 2.68. The van der Waals surface area contributed by atoms with Crippen molar-refractivity contribution in [1.29, 1.82) is 0 Å². The molecule has 20 heavy (non-hydrogen) atoms. The molecule has 0 fully saturated rings. The molecule has 0 bridgehead atoms. The fourth-order valence-corrected chi connectivity index (χ4v) is 1.97. The van der Waals surface area contributed by atoms with Crippen LogP contribution >= 0.6 is 11.8 Å². The highest BCUT2D eigenvalue weighted by Crippen LogP contribution is 2.17. The molecule has 0 saturated heterocycles. The molecule has 2 rings (SSSR count). The van der Waals surface area contributed by atoms with Gasteiger partial charge in [0.25, 0.3) is 0 Å². The van der Waals surface area contributed by atoms with E-state index in [9.17, 15) is 0 Å². The summed E-state index contributed by atoms with van der Waals surface area (Å²) >= 11 is 1.52. The first-order chi connectivity index (χ1) is 9.72. The van der Waals surface area contributed by atoms with Crippen LogP contribution in [-0.2, 0) is 13.6 Å². The summed E-state index contributed by atoms with van der Waals surface area (Å²) < 4.78 is 1.87. The minimum absolute atomic E-state index is 0.578. The Morgan fingerprint density at radius 3 is 2.60 bits per heavy atom. The van der Waals surface area contributed by atoms with Gasteiger partial charge in [0.1, 0.15) is 18.0 Å². The molecular formula is C12H19N7S. The van der Waals surface area contributed by atoms with Gasteiger partial charge in [-0.25, -0.2) is 9.97 Å². The van der Waals surface area contributed by atoms with Crippen LogP contribution in [0.4, 0.5) is 11.6 Å². The van der Waals surface area contributed by atoms with E-state index >= 15 is 0 Å². The third-order valence-corrected chi connectivity index (χ3v) is 3.22. The molecule has 0 radical (unpaired) electrons. The number of anilines is 2. The fourth-order valence-electron chi connectivity index (χ4n) is 1.59. The molecule has 2 N–H and O–H groups in total. The first-order valence-corrected chi connectivity index (χ1v) is 7.69. The molecule has 8 heteroatoms. The summed E-state index contributed by atoms with van der Waals surface area (Å²) in [4.78, 5) is 8.85. The molecule has 7 nitrogen and oxygen atoms in total. The molecule has 108 valence electrons. The molecule has 2 heterocycles. The highest BCUT2D eigenvalue weighted by molar-refractivity contribution is 7.98. The topological polar surface area (TPSA) is 80.5 Å². The van der Waals surface area contributed by atoms with Gasteiger partial charge in [-0.3, -0.25) is 0 Å². The van der Waals surface area contributed by atoms with Crippen molar-refractivity contribution in [2.24, 2.45) is 7.05 Å². The van der Waals surface area contributed by atoms with Crippen LogP contribution in [-0.4, -0.2) is 37.5 Å². The van der Waals surface area contributed by atoms with Crippen molar-refractivity contribution in [2.75, 3.05) is 23.4 Å². The number of rotatable bonds is 7. The SMILES string of the molecule is CCCNc1cc(NCc2nncn2C)nc(SC)n1. The lowest BCUT2D eigenvalue weighted by molar-refractivity contribution is 0.807. The Bertz CT molecular complexity index is 554. The molecule has 2 aromatic heterocycles. The lowest BCUT2D eigenvalue weighted by atomic mass is 10.4. The molecular weight excluding hydrogens is 274 g/mol. The van der Waals surface area contributed by atoms with Gasteiger partial charge in [0.2, 0.25) is 0 Å². The van der Waals surface area contributed by atoms with E-state index in [1.165, 1.54) is 11.8 Å². The second-order valence-corrected chi connectivity index (χ2v) is 5.04. The van der Waals surface area contributed by atoms with Crippen LogP contribution in [0.1, 0.15) is 19.2 Å². The lowest BCUT2D eigenvalue weighted by Gasteiger charge is -2.09. The second kappa shape index (κ2) is 7.09. The number of hydrogen-bond acceptors (Lipinski definition) is 7. The van der Waals surface area contributed by atoms with Crippen molar-refractivity contribution in [3.63, 3.8) is 0 Å². The number of thioether (sulfide) groups is 1. The van der Waals surface area contributed by atoms with Crippen LogP contribution in [0, 0.1) is 0 Å². The predicted molar refractivity (Wildman–Crippen MR) is 80.9 cm³/mol. The van der Waals surface area contributed by atoms with Gasteiger partial charge in [-0.1, -0.05) is 18.7 Å². The number of hydrogen-bond donors (Lipinski definition) is 2. The van der Waals surface area contributed by atoms with Gasteiger partial charge in [-0.05, 0) is 12.7 Å². The summed E-state index contributed by atoms with van der Waals surface area (Å²) in [6.45, 7) is 3.60. The van der Waals surface area contributed by atoms with E-state index in [-0.39, 0.29) is 0 Å². The van der Waals surface area contributed by atoms with Gasteiger partial charge in [0.05, 0.1) is 6.54 Å². The highest BCUT2D eigenvalue weighted by Gasteiger charge is 2.05. The maximum absolute atomic E-state index is 4.43. The van der Waals surface area contributed by atoms with Gasteiger partial charge in [0.15, 0.2) is 11.0 Å². The molecule has 0 amide bonds. The number of aryl methyl sites for hydroxylation is 1. The average Bonchev–Trinajstić information content (AvgIpc) is 2.88. The van der Waals surface area contributed by atoms with Crippen LogP contribution in [0.2, 0.25) is 0 Å². The maximum Gasteiger partial charge on any atom is 0.191 e. The molecule has 0 aliphatic rings. The zero-order valence-electron chi connectivity index (χ0n) is 11.9. The second-order valence-electron chi connectivity index (χ2n) is 4.26. The van der Waals surface area contributed by atoms with E-state index < -0.39 is 0 Å². The van der Waals surface area contributed by atoms with Crippen molar-refractivity contribution in [3.05, 3.63) is 18.2 Å². The Morgan fingerprint density at radius 1 is 1.25 bits per heavy atom. The van der Waals surface area contributed by atoms with Crippen molar-refractivity contribution in [1.82, 2.24) is 24.7 Å². The Kier molecular flexibility index (Phi) is 5.16. The van der Waals surface area contributed by atoms with Gasteiger partial charge < -0.3 is 15.2 Å². The normalized spacial score (nSPS) is 10.6. The first kappa shape index (κ1) is 14.6. The summed E-state index contributed by atoms with van der Waals surface area (Å²) in [5.41, 5.74) is 0. The zero-order chi connectivity index (χ0) is 14.4. The third kappa shape index (κ3) is 3.83. The van der Waals surface area contributed by atoms with E-state index in [0.29, 0.717) is 6.54 Å². The van der Waals surface area contributed by atoms with Crippen molar-refractivity contribution < 1.29 is 0 Å². The van der Waals surface area contributed by atoms with Crippen LogP contribution < -0.4 is 10.6 Å². The van der Waals surface area contributed by atoms with E-state index in [4.69, 9.17) is 0 Å². The van der Waals surface area contributed by atoms with Crippen molar-refractivity contribution in [3.8, 4) is 0 Å². The molecule has 0 atom stereocenters. The average molecular weight is 293 g/mol. The Morgan fingerprint density at radius 2 is 2.00 bits per heavy atom. The van der Waals surface area contributed by atoms with Gasteiger partial charge in [0, 0.05) is 19.7 Å². The van der Waals surface area contributed by atoms with Crippen molar-refractivity contribution in [2.45, 2.75) is 25.0 Å². The predicted octanol–water partition coefficient (Wildman–Crippen LogP) is 1.76. The monoisotopic (exact) mass is 293 g/mol. The number of aromatic nitrogens is 5. The minimum Gasteiger partial charge on any atom is -0.370 e. The largest absolute Gasteiger partial charge is 0.370 e. The Balaban J connectivity index is 2.07. The summed E-state index contributed by atoms with van der Waals surface area (Å²) in [6, 6.07) is 1.91. The van der Waals surface area contributed by atoms with Gasteiger partial charge >= 0.3 is 0 Å². The fraction of sp³-hybridized carbons (Fsp3) is 0.500. The molecule has 0 aliphatic heterocycles. The van der Waals surface area contributed by atoms with Crippen LogP contribution in [0.5, 0.6) is 0 Å². The van der Waals surface area contributed by atoms with E-state index in [0.717, 1.165) is 35.6 Å². The molecule has 0 spiro atoms. The summed E-state index contributed by atoms with van der Waals surface area (Å²) in [6.07, 6.45) is 4.70.